The van der Waals surface area contributed by atoms with Gasteiger partial charge in [-0.2, -0.15) is 0 Å². The minimum atomic E-state index is -0.583. The predicted octanol–water partition coefficient (Wildman–Crippen LogP) is 2.79. The Hall–Kier alpha value is -2.82. The van der Waals surface area contributed by atoms with Gasteiger partial charge in [-0.25, -0.2) is 4.79 Å². The van der Waals surface area contributed by atoms with Crippen LogP contribution in [0.1, 0.15) is 24.1 Å². The van der Waals surface area contributed by atoms with Gasteiger partial charge in [-0.1, -0.05) is 48.5 Å². The van der Waals surface area contributed by atoms with Crippen molar-refractivity contribution in [1.29, 1.82) is 0 Å². The van der Waals surface area contributed by atoms with Crippen LogP contribution in [0.15, 0.2) is 54.6 Å². The standard InChI is InChI=1S/C19H21NO4/c1-14-8-6-7-11-17(14)23-13-19(22)24-12-18(21)20-15(2)16-9-4-3-5-10-16/h3-11,15H,12-13H2,1-2H3,(H,20,21). The van der Waals surface area contributed by atoms with Crippen molar-refractivity contribution in [3.8, 4) is 5.75 Å². The number of nitrogens with one attached hydrogen (secondary N) is 1. The maximum Gasteiger partial charge on any atom is 0.344 e. The Kier molecular flexibility index (Phi) is 6.37. The number of carbonyl (C=O) groups excluding carboxylic acids is 2. The van der Waals surface area contributed by atoms with E-state index in [-0.39, 0.29) is 25.2 Å². The molecule has 0 aromatic heterocycles. The van der Waals surface area contributed by atoms with Gasteiger partial charge >= 0.3 is 5.97 Å². The van der Waals surface area contributed by atoms with Gasteiger partial charge in [0.15, 0.2) is 13.2 Å². The lowest BCUT2D eigenvalue weighted by Crippen LogP contribution is -2.31. The maximum atomic E-state index is 11.8. The first-order chi connectivity index (χ1) is 11.6. The molecule has 0 fully saturated rings. The molecule has 0 heterocycles. The van der Waals surface area contributed by atoms with E-state index in [1.165, 1.54) is 0 Å². The second-order valence-corrected chi connectivity index (χ2v) is 5.41. The lowest BCUT2D eigenvalue weighted by Gasteiger charge is -2.14. The minimum absolute atomic E-state index is 0.152. The van der Waals surface area contributed by atoms with Gasteiger partial charge < -0.3 is 14.8 Å². The van der Waals surface area contributed by atoms with Gasteiger partial charge in [0.2, 0.25) is 0 Å². The van der Waals surface area contributed by atoms with Crippen molar-refractivity contribution in [2.45, 2.75) is 19.9 Å². The fourth-order valence-electron chi connectivity index (χ4n) is 2.15. The Bertz CT molecular complexity index is 685. The Labute approximate surface area is 141 Å². The summed E-state index contributed by atoms with van der Waals surface area (Å²) in [5, 5.41) is 2.78. The lowest BCUT2D eigenvalue weighted by molar-refractivity contribution is -0.150. The Morgan fingerprint density at radius 2 is 1.67 bits per heavy atom. The zero-order valence-corrected chi connectivity index (χ0v) is 13.8. The smallest absolute Gasteiger partial charge is 0.344 e. The van der Waals surface area contributed by atoms with E-state index in [9.17, 15) is 9.59 Å². The fourth-order valence-corrected chi connectivity index (χ4v) is 2.15. The van der Waals surface area contributed by atoms with Gasteiger partial charge in [0.05, 0.1) is 6.04 Å². The van der Waals surface area contributed by atoms with Crippen LogP contribution in [0.25, 0.3) is 0 Å². The normalized spacial score (nSPS) is 11.4. The number of benzene rings is 2. The SMILES string of the molecule is Cc1ccccc1OCC(=O)OCC(=O)NC(C)c1ccccc1. The molecule has 0 aliphatic rings. The van der Waals surface area contributed by atoms with E-state index in [2.05, 4.69) is 5.32 Å². The largest absolute Gasteiger partial charge is 0.482 e. The molecule has 2 aromatic carbocycles. The van der Waals surface area contributed by atoms with Gasteiger partial charge in [-0.05, 0) is 31.0 Å². The van der Waals surface area contributed by atoms with Crippen LogP contribution in [0.4, 0.5) is 0 Å². The van der Waals surface area contributed by atoms with Crippen LogP contribution in [0.3, 0.4) is 0 Å². The van der Waals surface area contributed by atoms with Crippen LogP contribution in [0.2, 0.25) is 0 Å². The molecule has 0 bridgehead atoms. The molecule has 0 radical (unpaired) electrons. The lowest BCUT2D eigenvalue weighted by atomic mass is 10.1. The van der Waals surface area contributed by atoms with Crippen LogP contribution in [-0.2, 0) is 14.3 Å². The van der Waals surface area contributed by atoms with Crippen LogP contribution < -0.4 is 10.1 Å². The number of esters is 1. The van der Waals surface area contributed by atoms with E-state index in [1.54, 1.807) is 6.07 Å². The zero-order valence-electron chi connectivity index (χ0n) is 13.8. The number of amides is 1. The highest BCUT2D eigenvalue weighted by molar-refractivity contribution is 5.81. The summed E-state index contributed by atoms with van der Waals surface area (Å²) in [4.78, 5) is 23.5. The molecule has 0 aliphatic heterocycles. The molecule has 1 atom stereocenters. The molecule has 5 heteroatoms. The van der Waals surface area contributed by atoms with Gasteiger partial charge in [0.1, 0.15) is 5.75 Å². The molecule has 0 saturated carbocycles. The quantitative estimate of drug-likeness (QED) is 0.794. The highest BCUT2D eigenvalue weighted by Gasteiger charge is 2.12. The number of ether oxygens (including phenoxy) is 2. The molecule has 24 heavy (non-hydrogen) atoms. The molecule has 2 aromatic rings. The zero-order chi connectivity index (χ0) is 17.4. The third-order valence-corrected chi connectivity index (χ3v) is 3.48. The van der Waals surface area contributed by atoms with E-state index in [1.807, 2.05) is 62.4 Å². The number of hydrogen-bond acceptors (Lipinski definition) is 4. The summed E-state index contributed by atoms with van der Waals surface area (Å²) in [7, 11) is 0. The molecule has 1 amide bonds. The van der Waals surface area contributed by atoms with Crippen molar-refractivity contribution in [1.82, 2.24) is 5.32 Å². The monoisotopic (exact) mass is 327 g/mol. The highest BCUT2D eigenvalue weighted by Crippen LogP contribution is 2.16. The van der Waals surface area contributed by atoms with Gasteiger partial charge in [0.25, 0.3) is 5.91 Å². The van der Waals surface area contributed by atoms with Crippen molar-refractivity contribution < 1.29 is 19.1 Å². The molecular formula is C19H21NO4. The molecule has 0 saturated heterocycles. The minimum Gasteiger partial charge on any atom is -0.482 e. The summed E-state index contributed by atoms with van der Waals surface area (Å²) in [6.07, 6.45) is 0. The average Bonchev–Trinajstić information content (AvgIpc) is 2.60. The second kappa shape index (κ2) is 8.72. The van der Waals surface area contributed by atoms with Crippen LogP contribution in [0.5, 0.6) is 5.75 Å². The first-order valence-electron chi connectivity index (χ1n) is 7.74. The van der Waals surface area contributed by atoms with Crippen LogP contribution in [-0.4, -0.2) is 25.1 Å². The topological polar surface area (TPSA) is 64.6 Å². The summed E-state index contributed by atoms with van der Waals surface area (Å²) in [5.41, 5.74) is 1.92. The van der Waals surface area contributed by atoms with Gasteiger partial charge in [0, 0.05) is 0 Å². The number of rotatable bonds is 7. The maximum absolute atomic E-state index is 11.8. The Morgan fingerprint density at radius 3 is 2.38 bits per heavy atom. The summed E-state index contributed by atoms with van der Waals surface area (Å²) in [6, 6.07) is 16.8. The van der Waals surface area contributed by atoms with Crippen molar-refractivity contribution in [2.75, 3.05) is 13.2 Å². The summed E-state index contributed by atoms with van der Waals surface area (Å²) in [5.74, 6) is -0.312. The summed E-state index contributed by atoms with van der Waals surface area (Å²) < 4.78 is 10.3. The number of carbonyl (C=O) groups is 2. The third-order valence-electron chi connectivity index (χ3n) is 3.48. The molecule has 1 N–H and O–H groups in total. The van der Waals surface area contributed by atoms with E-state index < -0.39 is 5.97 Å². The Balaban J connectivity index is 1.71. The van der Waals surface area contributed by atoms with E-state index in [0.717, 1.165) is 11.1 Å². The van der Waals surface area contributed by atoms with Crippen LogP contribution >= 0.6 is 0 Å². The number of hydrogen-bond donors (Lipinski definition) is 1. The number of aryl methyl sites for hydroxylation is 1. The van der Waals surface area contributed by atoms with Gasteiger partial charge in [-0.15, -0.1) is 0 Å². The van der Waals surface area contributed by atoms with Crippen molar-refractivity contribution >= 4 is 11.9 Å². The van der Waals surface area contributed by atoms with Gasteiger partial charge in [-0.3, -0.25) is 4.79 Å². The molecule has 5 nitrogen and oxygen atoms in total. The fraction of sp³-hybridized carbons (Fsp3) is 0.263. The molecule has 2 rings (SSSR count). The second-order valence-electron chi connectivity index (χ2n) is 5.41. The molecular weight excluding hydrogens is 306 g/mol. The molecule has 1 unspecified atom stereocenters. The first-order valence-corrected chi connectivity index (χ1v) is 7.74. The molecule has 0 aliphatic carbocycles. The van der Waals surface area contributed by atoms with E-state index in [0.29, 0.717) is 5.75 Å². The first kappa shape index (κ1) is 17.5. The van der Waals surface area contributed by atoms with E-state index >= 15 is 0 Å². The predicted molar refractivity (Wildman–Crippen MR) is 90.6 cm³/mol. The highest BCUT2D eigenvalue weighted by atomic mass is 16.6. The van der Waals surface area contributed by atoms with Crippen molar-refractivity contribution in [3.05, 3.63) is 65.7 Å². The van der Waals surface area contributed by atoms with Crippen LogP contribution in [0, 0.1) is 6.92 Å². The van der Waals surface area contributed by atoms with Crippen molar-refractivity contribution in [3.63, 3.8) is 0 Å². The molecule has 126 valence electrons. The number of para-hydroxylation sites is 1. The average molecular weight is 327 g/mol. The van der Waals surface area contributed by atoms with E-state index in [4.69, 9.17) is 9.47 Å². The van der Waals surface area contributed by atoms with Crippen molar-refractivity contribution in [2.24, 2.45) is 0 Å². The molecule has 0 spiro atoms. The Morgan fingerprint density at radius 1 is 1.00 bits per heavy atom. The summed E-state index contributed by atoms with van der Waals surface area (Å²) >= 11 is 0. The third kappa shape index (κ3) is 5.43. The summed E-state index contributed by atoms with van der Waals surface area (Å²) in [6.45, 7) is 3.20.